The fourth-order valence-corrected chi connectivity index (χ4v) is 90.5. The van der Waals surface area contributed by atoms with Crippen LogP contribution >= 0.6 is 0 Å². The Bertz CT molecular complexity index is 134. The zero-order valence-corrected chi connectivity index (χ0v) is 13.7. The fraction of sp³-hybridized carbons (Fsp3) is 1.00. The van der Waals surface area contributed by atoms with Gasteiger partial charge in [-0.25, -0.2) is 0 Å². The lowest BCUT2D eigenvalue weighted by Gasteiger charge is -2.20. The second-order valence-electron chi connectivity index (χ2n) is 3.14. The molecule has 12 heavy (non-hydrogen) atoms. The predicted octanol–water partition coefficient (Wildman–Crippen LogP) is -2.48. The summed E-state index contributed by atoms with van der Waals surface area (Å²) >= 11 is 0. The van der Waals surface area contributed by atoms with E-state index < -0.39 is 21.2 Å². The number of hydrogen-bond donors (Lipinski definition) is 0. The lowest BCUT2D eigenvalue weighted by Crippen LogP contribution is -2.43. The molecule has 1 rings (SSSR count). The quantitative estimate of drug-likeness (QED) is 0.501. The van der Waals surface area contributed by atoms with E-state index in [1.165, 1.54) is 0 Å². The third kappa shape index (κ3) is 4.76. The molecule has 0 saturated carbocycles. The molecule has 1 saturated heterocycles. The Balaban J connectivity index is 2.13. The molecule has 1 heterocycles. The molecule has 1 nitrogen and oxygen atoms in total. The van der Waals surface area contributed by atoms with Crippen molar-refractivity contribution in [3.8, 4) is 0 Å². The molecule has 0 spiro atoms. The van der Waals surface area contributed by atoms with Gasteiger partial charge in [-0.15, -0.1) is 0 Å². The smallest absolute Gasteiger partial charge is 0.388 e. The molecule has 0 radical (unpaired) electrons. The molecule has 0 aromatic rings. The molecule has 72 valence electrons. The predicted molar refractivity (Wildman–Crippen MR) is 57.9 cm³/mol. The first-order valence-corrected chi connectivity index (χ1v) is 21.4. The van der Waals surface area contributed by atoms with Gasteiger partial charge < -0.3 is 4.12 Å². The topological polar surface area (TPSA) is 9.23 Å². The van der Waals surface area contributed by atoms with E-state index in [4.69, 9.17) is 4.12 Å². The average Bonchev–Trinajstić information content (AvgIpc) is 2.02. The first-order chi connectivity index (χ1) is 5.58. The fourth-order valence-electron chi connectivity index (χ4n) is 1.36. The van der Waals surface area contributed by atoms with Gasteiger partial charge in [0, 0.05) is 23.5 Å². The van der Waals surface area contributed by atoms with Crippen molar-refractivity contribution in [2.45, 2.75) is 18.6 Å². The monoisotopic (exact) mass is 262 g/mol. The van der Waals surface area contributed by atoms with Crippen molar-refractivity contribution in [3.63, 3.8) is 0 Å². The summed E-state index contributed by atoms with van der Waals surface area (Å²) in [6, 6.07) is 0.421. The van der Waals surface area contributed by atoms with Gasteiger partial charge in [-0.3, -0.25) is 0 Å². The Morgan fingerprint density at radius 3 is 2.50 bits per heavy atom. The van der Waals surface area contributed by atoms with Gasteiger partial charge in [-0.05, 0) is 14.6 Å². The zero-order valence-electron chi connectivity index (χ0n) is 6.86. The first-order valence-electron chi connectivity index (χ1n) is 4.26. The van der Waals surface area contributed by atoms with Crippen molar-refractivity contribution in [2.75, 3.05) is 0 Å². The number of rotatable bonds is 2. The van der Waals surface area contributed by atoms with Crippen LogP contribution < -0.4 is 0 Å². The third-order valence-corrected chi connectivity index (χ3v) is 59.7. The van der Waals surface area contributed by atoms with Crippen molar-refractivity contribution in [2.24, 2.45) is 0 Å². The first kappa shape index (κ1) is 10.9. The molecule has 0 bridgehead atoms. The molecule has 1 fully saturated rings. The van der Waals surface area contributed by atoms with E-state index in [1.54, 1.807) is 0 Å². The molecule has 1 aliphatic heterocycles. The Morgan fingerprint density at radius 2 is 2.00 bits per heavy atom. The Morgan fingerprint density at radius 1 is 1.25 bits per heavy atom. The van der Waals surface area contributed by atoms with Crippen LogP contribution in [-0.2, 0) is 4.12 Å². The molecule has 1 unspecified atom stereocenters. The van der Waals surface area contributed by atoms with E-state index in [1.807, 2.05) is 0 Å². The van der Waals surface area contributed by atoms with E-state index in [0.29, 0.717) is 23.2 Å². The van der Waals surface area contributed by atoms with Crippen LogP contribution in [0.15, 0.2) is 0 Å². The van der Waals surface area contributed by atoms with Gasteiger partial charge in [-0.1, -0.05) is 0 Å². The second-order valence-corrected chi connectivity index (χ2v) is 36.6. The minimum absolute atomic E-state index is 0.00552. The van der Waals surface area contributed by atoms with Gasteiger partial charge in [0.05, 0.1) is 0 Å². The van der Waals surface area contributed by atoms with Crippen molar-refractivity contribution >= 4 is 43.5 Å². The number of alkyl halides is 3. The summed E-state index contributed by atoms with van der Waals surface area (Å²) in [4.78, 5) is 0. The average molecular weight is 263 g/mol. The van der Waals surface area contributed by atoms with Crippen molar-refractivity contribution in [3.05, 3.63) is 0 Å². The molecule has 0 aromatic carbocycles. The van der Waals surface area contributed by atoms with Gasteiger partial charge >= 0.3 is 6.18 Å². The summed E-state index contributed by atoms with van der Waals surface area (Å²) in [5.74, 6) is 0. The highest BCUT2D eigenvalue weighted by Gasteiger charge is 2.29. The number of hydrogen-bond acceptors (Lipinski definition) is 1. The molecule has 0 N–H and O–H groups in total. The Hall–Kier alpha value is 0.834. The molecule has 0 amide bonds. The second kappa shape index (κ2) is 4.90. The maximum atomic E-state index is 11.8. The minimum Gasteiger partial charge on any atom is -0.469 e. The number of halogens is 3. The lowest BCUT2D eigenvalue weighted by molar-refractivity contribution is -0.130. The molecule has 0 aromatic heterocycles. The summed E-state index contributed by atoms with van der Waals surface area (Å²) in [5, 5.41) is 0. The van der Waals surface area contributed by atoms with E-state index >= 15 is 0 Å². The zero-order chi connectivity index (χ0) is 9.03. The highest BCUT2D eigenvalue weighted by Crippen LogP contribution is 2.22. The highest BCUT2D eigenvalue weighted by molar-refractivity contribution is 7.57. The van der Waals surface area contributed by atoms with Crippen LogP contribution in [0, 0.1) is 0 Å². The van der Waals surface area contributed by atoms with Gasteiger partial charge in [-0.2, -0.15) is 13.2 Å². The summed E-state index contributed by atoms with van der Waals surface area (Å²) in [6.45, 7) is 0. The van der Waals surface area contributed by atoms with E-state index in [2.05, 4.69) is 0 Å². The van der Waals surface area contributed by atoms with Crippen LogP contribution in [0.25, 0.3) is 0 Å². The third-order valence-electron chi connectivity index (χ3n) is 2.02. The summed E-state index contributed by atoms with van der Waals surface area (Å²) in [5.41, 5.74) is 0. The summed E-state index contributed by atoms with van der Waals surface area (Å²) in [6.07, 6.45) is -4.48. The normalized spacial score (nSPS) is 33.8. The van der Waals surface area contributed by atoms with Crippen LogP contribution in [0.1, 0.15) is 6.42 Å². The van der Waals surface area contributed by atoms with Crippen LogP contribution in [0.4, 0.5) is 13.2 Å². The standard InChI is InChI=1S/C3H13F3OSi5/c4-3(5,6)1-2-12-7-8-9-10-11-12/h12H,1-2,8-11H2. The lowest BCUT2D eigenvalue weighted by atomic mass is 10.5. The van der Waals surface area contributed by atoms with Crippen LogP contribution in [0.5, 0.6) is 0 Å². The highest BCUT2D eigenvalue weighted by atomic mass is 29.9. The van der Waals surface area contributed by atoms with Crippen LogP contribution in [0.2, 0.25) is 6.04 Å². The van der Waals surface area contributed by atoms with Crippen molar-refractivity contribution in [1.29, 1.82) is 0 Å². The van der Waals surface area contributed by atoms with E-state index in [9.17, 15) is 13.2 Å². The van der Waals surface area contributed by atoms with Gasteiger partial charge in [0.15, 0.2) is 0 Å². The Labute approximate surface area is 79.7 Å². The van der Waals surface area contributed by atoms with E-state index in [0.717, 1.165) is 0 Å². The van der Waals surface area contributed by atoms with Crippen LogP contribution in [-0.4, -0.2) is 49.7 Å². The van der Waals surface area contributed by atoms with E-state index in [-0.39, 0.29) is 17.8 Å². The molecule has 1 aliphatic rings. The Kier molecular flexibility index (Phi) is 4.46. The maximum Gasteiger partial charge on any atom is 0.388 e. The summed E-state index contributed by atoms with van der Waals surface area (Å²) < 4.78 is 41.1. The minimum atomic E-state index is -3.93. The summed E-state index contributed by atoms with van der Waals surface area (Å²) in [7, 11) is -0.715. The molecule has 0 aliphatic carbocycles. The molecular weight excluding hydrogens is 249 g/mol. The van der Waals surface area contributed by atoms with Crippen molar-refractivity contribution in [1.82, 2.24) is 0 Å². The largest absolute Gasteiger partial charge is 0.469 e. The molecule has 9 heteroatoms. The SMILES string of the molecule is FC(F)(F)CC[SiH]1O[SiH2][SiH2][SiH2][SiH2]1. The maximum absolute atomic E-state index is 11.8. The van der Waals surface area contributed by atoms with Crippen LogP contribution in [0.3, 0.4) is 0 Å². The molecular formula is C3H13F3OSi5. The molecule has 1 atom stereocenters. The van der Waals surface area contributed by atoms with Crippen molar-refractivity contribution < 1.29 is 17.3 Å². The van der Waals surface area contributed by atoms with Gasteiger partial charge in [0.1, 0.15) is 17.8 Å². The van der Waals surface area contributed by atoms with Gasteiger partial charge in [0.25, 0.3) is 0 Å². The van der Waals surface area contributed by atoms with Gasteiger partial charge in [0.2, 0.25) is 0 Å².